The van der Waals surface area contributed by atoms with Crippen molar-refractivity contribution in [1.82, 2.24) is 0 Å². The Hall–Kier alpha value is -1.90. The van der Waals surface area contributed by atoms with Crippen LogP contribution in [0.25, 0.3) is 0 Å². The molecule has 1 aromatic rings. The maximum absolute atomic E-state index is 11.8. The van der Waals surface area contributed by atoms with Gasteiger partial charge < -0.3 is 4.74 Å². The maximum atomic E-state index is 11.8. The number of benzene rings is 1. The van der Waals surface area contributed by atoms with E-state index >= 15 is 0 Å². The van der Waals surface area contributed by atoms with Gasteiger partial charge in [0.05, 0.1) is 12.2 Å². The van der Waals surface area contributed by atoms with Crippen molar-refractivity contribution >= 4 is 11.6 Å². The molecule has 3 nitrogen and oxygen atoms in total. The summed E-state index contributed by atoms with van der Waals surface area (Å²) in [6, 6.07) is 5.13. The van der Waals surface area contributed by atoms with E-state index in [1.165, 1.54) is 12.2 Å². The molecule has 0 amide bonds. The van der Waals surface area contributed by atoms with Gasteiger partial charge in [0.2, 0.25) is 0 Å². The highest BCUT2D eigenvalue weighted by Gasteiger charge is 2.22. The van der Waals surface area contributed by atoms with Gasteiger partial charge in [0.15, 0.2) is 11.6 Å². The van der Waals surface area contributed by atoms with Crippen molar-refractivity contribution in [3.63, 3.8) is 0 Å². The quantitative estimate of drug-likeness (QED) is 0.747. The summed E-state index contributed by atoms with van der Waals surface area (Å²) in [5, 5.41) is 0. The Morgan fingerprint density at radius 2 is 1.88 bits per heavy atom. The van der Waals surface area contributed by atoms with Gasteiger partial charge in [-0.1, -0.05) is 25.5 Å². The minimum Gasteiger partial charge on any atom is -0.493 e. The third kappa shape index (κ3) is 2.28. The molecule has 0 spiro atoms. The van der Waals surface area contributed by atoms with Gasteiger partial charge >= 0.3 is 0 Å². The molecule has 88 valence electrons. The smallest absolute Gasteiger partial charge is 0.190 e. The molecule has 0 atom stereocenters. The molecule has 3 heteroatoms. The number of unbranched alkanes of at least 4 members (excludes halogenated alkanes) is 1. The lowest BCUT2D eigenvalue weighted by molar-refractivity contribution is 0.0990. The number of ether oxygens (including phenoxy) is 1. The molecule has 0 fully saturated rings. The van der Waals surface area contributed by atoms with Crippen LogP contribution in [0, 0.1) is 0 Å². The molecule has 1 aliphatic carbocycles. The fraction of sp³-hybridized carbons (Fsp3) is 0.286. The number of ketones is 2. The summed E-state index contributed by atoms with van der Waals surface area (Å²) in [5.41, 5.74) is 0.836. The third-order valence-electron chi connectivity index (χ3n) is 2.68. The van der Waals surface area contributed by atoms with Crippen LogP contribution in [0.2, 0.25) is 0 Å². The second-order valence-electron chi connectivity index (χ2n) is 3.94. The second-order valence-corrected chi connectivity index (χ2v) is 3.94. The SMILES string of the molecule is CCCCOc1cccc2c1C(=O)C=CC2=O. The van der Waals surface area contributed by atoms with Gasteiger partial charge in [-0.3, -0.25) is 9.59 Å². The Kier molecular flexibility index (Phi) is 3.38. The summed E-state index contributed by atoms with van der Waals surface area (Å²) < 4.78 is 5.56. The Morgan fingerprint density at radius 3 is 2.65 bits per heavy atom. The van der Waals surface area contributed by atoms with E-state index in [9.17, 15) is 9.59 Å². The molecule has 2 rings (SSSR count). The topological polar surface area (TPSA) is 43.4 Å². The molecule has 0 radical (unpaired) electrons. The highest BCUT2D eigenvalue weighted by Crippen LogP contribution is 2.27. The number of fused-ring (bicyclic) bond motifs is 1. The number of hydrogen-bond donors (Lipinski definition) is 0. The zero-order chi connectivity index (χ0) is 12.3. The lowest BCUT2D eigenvalue weighted by Crippen LogP contribution is -2.13. The number of rotatable bonds is 4. The van der Waals surface area contributed by atoms with Crippen LogP contribution in [-0.2, 0) is 0 Å². The summed E-state index contributed by atoms with van der Waals surface area (Å²) in [6.07, 6.45) is 4.57. The first kappa shape index (κ1) is 11.6. The van der Waals surface area contributed by atoms with Gasteiger partial charge in [0, 0.05) is 5.56 Å². The molecular formula is C14H14O3. The van der Waals surface area contributed by atoms with Crippen LogP contribution < -0.4 is 4.74 Å². The van der Waals surface area contributed by atoms with Crippen molar-refractivity contribution in [2.24, 2.45) is 0 Å². The van der Waals surface area contributed by atoms with Gasteiger partial charge in [0.25, 0.3) is 0 Å². The molecule has 0 saturated carbocycles. The molecule has 0 bridgehead atoms. The lowest BCUT2D eigenvalue weighted by Gasteiger charge is -2.14. The minimum absolute atomic E-state index is 0.138. The highest BCUT2D eigenvalue weighted by atomic mass is 16.5. The normalized spacial score (nSPS) is 13.7. The minimum atomic E-state index is -0.160. The molecule has 17 heavy (non-hydrogen) atoms. The Labute approximate surface area is 100 Å². The van der Waals surface area contributed by atoms with E-state index in [2.05, 4.69) is 6.92 Å². The molecular weight excluding hydrogens is 216 g/mol. The van der Waals surface area contributed by atoms with E-state index in [-0.39, 0.29) is 11.6 Å². The van der Waals surface area contributed by atoms with Gasteiger partial charge in [-0.2, -0.15) is 0 Å². The first-order valence-corrected chi connectivity index (χ1v) is 5.76. The van der Waals surface area contributed by atoms with Gasteiger partial charge in [-0.25, -0.2) is 0 Å². The molecule has 0 aromatic heterocycles. The predicted molar refractivity (Wildman–Crippen MR) is 64.6 cm³/mol. The van der Waals surface area contributed by atoms with Crippen molar-refractivity contribution < 1.29 is 14.3 Å². The molecule has 0 aliphatic heterocycles. The Morgan fingerprint density at radius 1 is 1.12 bits per heavy atom. The molecule has 0 N–H and O–H groups in total. The van der Waals surface area contributed by atoms with Crippen molar-refractivity contribution in [3.05, 3.63) is 41.5 Å². The molecule has 1 aliphatic rings. The van der Waals surface area contributed by atoms with Crippen LogP contribution in [-0.4, -0.2) is 18.2 Å². The first-order valence-electron chi connectivity index (χ1n) is 5.76. The fourth-order valence-electron chi connectivity index (χ4n) is 1.76. The lowest BCUT2D eigenvalue weighted by atomic mass is 9.94. The largest absolute Gasteiger partial charge is 0.493 e. The molecule has 0 saturated heterocycles. The Balaban J connectivity index is 2.33. The van der Waals surface area contributed by atoms with E-state index in [1.807, 2.05) is 0 Å². The summed E-state index contributed by atoms with van der Waals surface area (Å²) in [7, 11) is 0. The van der Waals surface area contributed by atoms with Crippen LogP contribution in [0.5, 0.6) is 5.75 Å². The van der Waals surface area contributed by atoms with Crippen molar-refractivity contribution in [2.75, 3.05) is 6.61 Å². The van der Waals surface area contributed by atoms with Gasteiger partial charge in [-0.05, 0) is 24.6 Å². The number of carbonyl (C=O) groups excluding carboxylic acids is 2. The van der Waals surface area contributed by atoms with Crippen LogP contribution in [0.3, 0.4) is 0 Å². The van der Waals surface area contributed by atoms with Gasteiger partial charge in [-0.15, -0.1) is 0 Å². The molecule has 0 unspecified atom stereocenters. The van der Waals surface area contributed by atoms with E-state index < -0.39 is 0 Å². The van der Waals surface area contributed by atoms with E-state index in [0.29, 0.717) is 23.5 Å². The van der Waals surface area contributed by atoms with Crippen LogP contribution >= 0.6 is 0 Å². The molecule has 1 aromatic carbocycles. The third-order valence-corrected chi connectivity index (χ3v) is 2.68. The van der Waals surface area contributed by atoms with Crippen molar-refractivity contribution in [3.8, 4) is 5.75 Å². The van der Waals surface area contributed by atoms with Crippen LogP contribution in [0.15, 0.2) is 30.4 Å². The first-order chi connectivity index (χ1) is 8.24. The van der Waals surface area contributed by atoms with Crippen molar-refractivity contribution in [2.45, 2.75) is 19.8 Å². The number of carbonyl (C=O) groups is 2. The monoisotopic (exact) mass is 230 g/mol. The fourth-order valence-corrected chi connectivity index (χ4v) is 1.76. The van der Waals surface area contributed by atoms with Crippen LogP contribution in [0.1, 0.15) is 40.5 Å². The summed E-state index contributed by atoms with van der Waals surface area (Å²) in [5.74, 6) is 0.214. The zero-order valence-corrected chi connectivity index (χ0v) is 9.73. The highest BCUT2D eigenvalue weighted by molar-refractivity contribution is 6.23. The maximum Gasteiger partial charge on any atom is 0.190 e. The molecule has 0 heterocycles. The van der Waals surface area contributed by atoms with Crippen molar-refractivity contribution in [1.29, 1.82) is 0 Å². The summed E-state index contributed by atoms with van der Waals surface area (Å²) in [6.45, 7) is 2.64. The second kappa shape index (κ2) is 4.95. The van der Waals surface area contributed by atoms with E-state index in [1.54, 1.807) is 18.2 Å². The summed E-state index contributed by atoms with van der Waals surface area (Å²) >= 11 is 0. The van der Waals surface area contributed by atoms with E-state index in [0.717, 1.165) is 12.8 Å². The predicted octanol–water partition coefficient (Wildman–Crippen LogP) is 2.80. The number of allylic oxidation sites excluding steroid dienone is 2. The van der Waals surface area contributed by atoms with E-state index in [4.69, 9.17) is 4.74 Å². The average Bonchev–Trinajstić information content (AvgIpc) is 2.34. The Bertz CT molecular complexity index is 486. The van der Waals surface area contributed by atoms with Gasteiger partial charge in [0.1, 0.15) is 5.75 Å². The number of hydrogen-bond acceptors (Lipinski definition) is 3. The standard InChI is InChI=1S/C14H14O3/c1-2-3-9-17-13-6-4-5-10-11(15)7-8-12(16)14(10)13/h4-8H,2-3,9H2,1H3. The zero-order valence-electron chi connectivity index (χ0n) is 9.73. The summed E-state index contributed by atoms with van der Waals surface area (Å²) in [4.78, 5) is 23.4. The average molecular weight is 230 g/mol. The van der Waals surface area contributed by atoms with Crippen LogP contribution in [0.4, 0.5) is 0 Å².